The van der Waals surface area contributed by atoms with Gasteiger partial charge in [0.25, 0.3) is 0 Å². The van der Waals surface area contributed by atoms with Crippen LogP contribution in [0.2, 0.25) is 0 Å². The first-order valence-electron chi connectivity index (χ1n) is 5.73. The molecule has 0 atom stereocenters. The Hall–Kier alpha value is -0.790. The topological polar surface area (TPSA) is 37.3 Å². The zero-order valence-corrected chi connectivity index (χ0v) is 10.8. The molecule has 0 aromatic carbocycles. The van der Waals surface area contributed by atoms with E-state index in [0.29, 0.717) is 29.7 Å². The van der Waals surface area contributed by atoms with Crippen molar-refractivity contribution >= 4 is 5.97 Å². The van der Waals surface area contributed by atoms with Crippen LogP contribution >= 0.6 is 0 Å². The number of carboxylic acid groups (broad SMARTS) is 1. The summed E-state index contributed by atoms with van der Waals surface area (Å²) in [5.41, 5.74) is 1.71. The SMILES string of the molecule is CC(C)CC(C(=O)O)=C(C(C)C)C(C)C. The van der Waals surface area contributed by atoms with Crippen molar-refractivity contribution in [3.63, 3.8) is 0 Å². The summed E-state index contributed by atoms with van der Waals surface area (Å²) >= 11 is 0. The van der Waals surface area contributed by atoms with Crippen LogP contribution in [0.4, 0.5) is 0 Å². The second-order valence-electron chi connectivity index (χ2n) is 5.15. The molecule has 0 radical (unpaired) electrons. The molecule has 0 aromatic rings. The molecule has 0 fully saturated rings. The van der Waals surface area contributed by atoms with Gasteiger partial charge in [0.1, 0.15) is 0 Å². The zero-order valence-electron chi connectivity index (χ0n) is 10.8. The van der Waals surface area contributed by atoms with Gasteiger partial charge in [-0.1, -0.05) is 47.1 Å². The molecular weight excluding hydrogens is 188 g/mol. The summed E-state index contributed by atoms with van der Waals surface area (Å²) in [5, 5.41) is 9.23. The Labute approximate surface area is 93.4 Å². The van der Waals surface area contributed by atoms with Gasteiger partial charge in [-0.15, -0.1) is 0 Å². The maximum atomic E-state index is 11.2. The van der Waals surface area contributed by atoms with Gasteiger partial charge < -0.3 is 5.11 Å². The lowest BCUT2D eigenvalue weighted by Crippen LogP contribution is -2.14. The molecule has 0 aliphatic carbocycles. The molecule has 0 bridgehead atoms. The van der Waals surface area contributed by atoms with Gasteiger partial charge >= 0.3 is 5.97 Å². The van der Waals surface area contributed by atoms with Crippen molar-refractivity contribution in [2.75, 3.05) is 0 Å². The normalized spacial score (nSPS) is 11.3. The number of hydrogen-bond donors (Lipinski definition) is 1. The van der Waals surface area contributed by atoms with Crippen LogP contribution in [0.3, 0.4) is 0 Å². The summed E-state index contributed by atoms with van der Waals surface area (Å²) in [6.07, 6.45) is 0.668. The van der Waals surface area contributed by atoms with Crippen LogP contribution in [-0.2, 0) is 4.79 Å². The van der Waals surface area contributed by atoms with Crippen molar-refractivity contribution in [2.45, 2.75) is 48.0 Å². The van der Waals surface area contributed by atoms with Crippen molar-refractivity contribution in [3.8, 4) is 0 Å². The van der Waals surface area contributed by atoms with E-state index in [9.17, 15) is 9.90 Å². The minimum absolute atomic E-state index is 0.315. The quantitative estimate of drug-likeness (QED) is 0.705. The Morgan fingerprint density at radius 3 is 1.60 bits per heavy atom. The molecule has 0 saturated carbocycles. The molecule has 0 aliphatic heterocycles. The van der Waals surface area contributed by atoms with Crippen molar-refractivity contribution in [3.05, 3.63) is 11.1 Å². The third-order valence-electron chi connectivity index (χ3n) is 2.46. The summed E-state index contributed by atoms with van der Waals surface area (Å²) in [5.74, 6) is 0.273. The van der Waals surface area contributed by atoms with Gasteiger partial charge in [0.15, 0.2) is 0 Å². The average molecular weight is 212 g/mol. The molecular formula is C13H24O2. The Morgan fingerprint density at radius 1 is 1.00 bits per heavy atom. The van der Waals surface area contributed by atoms with E-state index in [4.69, 9.17) is 0 Å². The first-order valence-corrected chi connectivity index (χ1v) is 5.73. The summed E-state index contributed by atoms with van der Waals surface area (Å²) in [6, 6.07) is 0. The van der Waals surface area contributed by atoms with E-state index in [1.54, 1.807) is 0 Å². The lowest BCUT2D eigenvalue weighted by Gasteiger charge is -2.20. The van der Waals surface area contributed by atoms with E-state index in [1.807, 2.05) is 0 Å². The van der Waals surface area contributed by atoms with E-state index in [0.717, 1.165) is 5.57 Å². The van der Waals surface area contributed by atoms with E-state index in [-0.39, 0.29) is 0 Å². The highest BCUT2D eigenvalue weighted by atomic mass is 16.4. The lowest BCUT2D eigenvalue weighted by molar-refractivity contribution is -0.133. The Balaban J connectivity index is 5.25. The van der Waals surface area contributed by atoms with E-state index in [1.165, 1.54) is 0 Å². The second-order valence-corrected chi connectivity index (χ2v) is 5.15. The molecule has 2 nitrogen and oxygen atoms in total. The van der Waals surface area contributed by atoms with E-state index in [2.05, 4.69) is 41.5 Å². The molecule has 15 heavy (non-hydrogen) atoms. The first-order chi connectivity index (χ1) is 6.77. The van der Waals surface area contributed by atoms with Crippen molar-refractivity contribution in [1.29, 1.82) is 0 Å². The molecule has 1 N–H and O–H groups in total. The maximum Gasteiger partial charge on any atom is 0.331 e. The zero-order chi connectivity index (χ0) is 12.2. The highest BCUT2D eigenvalue weighted by Crippen LogP contribution is 2.27. The molecule has 0 rings (SSSR count). The third kappa shape index (κ3) is 4.50. The van der Waals surface area contributed by atoms with E-state index < -0.39 is 5.97 Å². The summed E-state index contributed by atoms with van der Waals surface area (Å²) in [4.78, 5) is 11.2. The number of aliphatic carboxylic acids is 1. The average Bonchev–Trinajstić information content (AvgIpc) is 2.00. The molecule has 88 valence electrons. The predicted molar refractivity (Wildman–Crippen MR) is 63.8 cm³/mol. The first kappa shape index (κ1) is 14.2. The summed E-state index contributed by atoms with van der Waals surface area (Å²) in [7, 11) is 0. The van der Waals surface area contributed by atoms with Gasteiger partial charge in [-0.3, -0.25) is 0 Å². The minimum atomic E-state index is -0.749. The van der Waals surface area contributed by atoms with Crippen LogP contribution in [0.25, 0.3) is 0 Å². The number of hydrogen-bond acceptors (Lipinski definition) is 1. The van der Waals surface area contributed by atoms with Crippen molar-refractivity contribution < 1.29 is 9.90 Å². The van der Waals surface area contributed by atoms with Crippen LogP contribution in [0.1, 0.15) is 48.0 Å². The summed E-state index contributed by atoms with van der Waals surface area (Å²) < 4.78 is 0. The van der Waals surface area contributed by atoms with Crippen LogP contribution in [0, 0.1) is 17.8 Å². The highest BCUT2D eigenvalue weighted by Gasteiger charge is 2.20. The Bertz CT molecular complexity index is 237. The Morgan fingerprint density at radius 2 is 1.40 bits per heavy atom. The molecule has 0 spiro atoms. The molecule has 0 saturated heterocycles. The van der Waals surface area contributed by atoms with Gasteiger partial charge in [-0.05, 0) is 24.2 Å². The monoisotopic (exact) mass is 212 g/mol. The molecule has 0 aromatic heterocycles. The van der Waals surface area contributed by atoms with Crippen molar-refractivity contribution in [2.24, 2.45) is 17.8 Å². The number of carboxylic acids is 1. The van der Waals surface area contributed by atoms with Crippen LogP contribution in [0.15, 0.2) is 11.1 Å². The fourth-order valence-corrected chi connectivity index (χ4v) is 2.10. The van der Waals surface area contributed by atoms with Crippen LogP contribution < -0.4 is 0 Å². The van der Waals surface area contributed by atoms with Gasteiger partial charge in [-0.2, -0.15) is 0 Å². The van der Waals surface area contributed by atoms with Gasteiger partial charge in [0, 0.05) is 5.57 Å². The fraction of sp³-hybridized carbons (Fsp3) is 0.769. The van der Waals surface area contributed by atoms with Gasteiger partial charge in [0.2, 0.25) is 0 Å². The lowest BCUT2D eigenvalue weighted by atomic mass is 9.85. The van der Waals surface area contributed by atoms with Crippen LogP contribution in [0.5, 0.6) is 0 Å². The Kier molecular flexibility index (Phi) is 5.63. The minimum Gasteiger partial charge on any atom is -0.478 e. The van der Waals surface area contributed by atoms with Crippen molar-refractivity contribution in [1.82, 2.24) is 0 Å². The molecule has 0 unspecified atom stereocenters. The molecule has 2 heteroatoms. The summed E-state index contributed by atoms with van der Waals surface area (Å²) in [6.45, 7) is 12.4. The molecule has 0 aliphatic rings. The second kappa shape index (κ2) is 5.94. The fourth-order valence-electron chi connectivity index (χ4n) is 2.10. The largest absolute Gasteiger partial charge is 0.478 e. The predicted octanol–water partition coefficient (Wildman–Crippen LogP) is 3.73. The smallest absolute Gasteiger partial charge is 0.331 e. The standard InChI is InChI=1S/C13H24O2/c1-8(2)7-11(13(14)15)12(9(3)4)10(5)6/h8-10H,7H2,1-6H3,(H,14,15). The number of allylic oxidation sites excluding steroid dienone is 1. The van der Waals surface area contributed by atoms with E-state index >= 15 is 0 Å². The number of carbonyl (C=O) groups is 1. The maximum absolute atomic E-state index is 11.2. The third-order valence-corrected chi connectivity index (χ3v) is 2.46. The van der Waals surface area contributed by atoms with Crippen LogP contribution in [-0.4, -0.2) is 11.1 Å². The van der Waals surface area contributed by atoms with Gasteiger partial charge in [0.05, 0.1) is 0 Å². The number of rotatable bonds is 5. The van der Waals surface area contributed by atoms with Gasteiger partial charge in [-0.25, -0.2) is 4.79 Å². The molecule has 0 amide bonds. The highest BCUT2D eigenvalue weighted by molar-refractivity contribution is 5.87. The molecule has 0 heterocycles.